The van der Waals surface area contributed by atoms with E-state index in [4.69, 9.17) is 12.2 Å². The van der Waals surface area contributed by atoms with Crippen LogP contribution in [0, 0.1) is 11.7 Å². The maximum atomic E-state index is 11.7. The summed E-state index contributed by atoms with van der Waals surface area (Å²) in [5, 5.41) is 0. The summed E-state index contributed by atoms with van der Waals surface area (Å²) >= 11 is 4.93. The summed E-state index contributed by atoms with van der Waals surface area (Å²) in [7, 11) is 0. The number of nitrogens with one attached hydrogen (secondary N) is 1. The maximum absolute atomic E-state index is 11.7. The van der Waals surface area contributed by atoms with E-state index in [1.807, 2.05) is 6.92 Å². The molecule has 0 radical (unpaired) electrons. The van der Waals surface area contributed by atoms with Gasteiger partial charge < -0.3 is 14.3 Å². The summed E-state index contributed by atoms with van der Waals surface area (Å²) < 4.78 is 41.8. The van der Waals surface area contributed by atoms with Crippen LogP contribution in [0.5, 0.6) is 0 Å². The van der Waals surface area contributed by atoms with Crippen molar-refractivity contribution in [3.8, 4) is 0 Å². The summed E-state index contributed by atoms with van der Waals surface area (Å²) in [6, 6.07) is 0. The number of hydrogen-bond donors (Lipinski definition) is 1. The number of alkyl halides is 3. The van der Waals surface area contributed by atoms with E-state index in [0.717, 1.165) is 5.69 Å². The summed E-state index contributed by atoms with van der Waals surface area (Å²) in [5.41, 5.74) is 0.871. The molecular formula is C8H11F3N2OS. The van der Waals surface area contributed by atoms with Crippen molar-refractivity contribution in [2.24, 2.45) is 0 Å². The molecule has 0 aliphatic rings. The summed E-state index contributed by atoms with van der Waals surface area (Å²) in [6.45, 7) is 0.913. The van der Waals surface area contributed by atoms with E-state index in [9.17, 15) is 13.2 Å². The molecule has 0 unspecified atom stereocenters. The van der Waals surface area contributed by atoms with Crippen molar-refractivity contribution in [1.82, 2.24) is 9.55 Å². The lowest BCUT2D eigenvalue weighted by atomic mass is 10.5. The Hall–Kier alpha value is -0.820. The lowest BCUT2D eigenvalue weighted by molar-refractivity contribution is -0.174. The summed E-state index contributed by atoms with van der Waals surface area (Å²) in [4.78, 5) is 2.79. The number of hydrogen-bond acceptors (Lipinski definition) is 2. The van der Waals surface area contributed by atoms with Crippen LogP contribution in [0.25, 0.3) is 0 Å². The monoisotopic (exact) mass is 240 g/mol. The Morgan fingerprint density at radius 1 is 1.53 bits per heavy atom. The fourth-order valence-corrected chi connectivity index (χ4v) is 1.40. The van der Waals surface area contributed by atoms with Crippen LogP contribution in [-0.4, -0.2) is 28.9 Å². The first-order valence-electron chi connectivity index (χ1n) is 4.29. The molecule has 0 aliphatic carbocycles. The second-order valence-corrected chi connectivity index (χ2v) is 3.44. The van der Waals surface area contributed by atoms with Crippen LogP contribution < -0.4 is 0 Å². The molecule has 0 aliphatic heterocycles. The van der Waals surface area contributed by atoms with Crippen LogP contribution in [0.15, 0.2) is 6.20 Å². The molecule has 0 spiro atoms. The smallest absolute Gasteiger partial charge is 0.370 e. The lowest BCUT2D eigenvalue weighted by Crippen LogP contribution is -2.19. The molecule has 3 nitrogen and oxygen atoms in total. The summed E-state index contributed by atoms with van der Waals surface area (Å²) in [5.74, 6) is 0. The van der Waals surface area contributed by atoms with Gasteiger partial charge in [-0.15, -0.1) is 0 Å². The van der Waals surface area contributed by atoms with E-state index in [1.54, 1.807) is 10.8 Å². The van der Waals surface area contributed by atoms with Gasteiger partial charge in [0.05, 0.1) is 6.61 Å². The number of nitrogens with zero attached hydrogens (tertiary/aromatic N) is 1. The van der Waals surface area contributed by atoms with Gasteiger partial charge in [0.25, 0.3) is 0 Å². The van der Waals surface area contributed by atoms with E-state index < -0.39 is 12.8 Å². The SMILES string of the molecule is Cc1c[nH]c(=S)n1CCOCC(F)(F)F. The highest BCUT2D eigenvalue weighted by Gasteiger charge is 2.27. The Kier molecular flexibility index (Phi) is 3.92. The van der Waals surface area contributed by atoms with Crippen LogP contribution in [0.4, 0.5) is 13.2 Å². The first kappa shape index (κ1) is 12.3. The van der Waals surface area contributed by atoms with Crippen molar-refractivity contribution in [2.45, 2.75) is 19.6 Å². The van der Waals surface area contributed by atoms with Crippen LogP contribution >= 0.6 is 12.2 Å². The molecule has 1 aromatic heterocycles. The summed E-state index contributed by atoms with van der Waals surface area (Å²) in [6.07, 6.45) is -2.57. The average Bonchev–Trinajstić information content (AvgIpc) is 2.40. The fraction of sp³-hybridized carbons (Fsp3) is 0.625. The molecule has 86 valence electrons. The van der Waals surface area contributed by atoms with E-state index in [-0.39, 0.29) is 6.61 Å². The van der Waals surface area contributed by atoms with Crippen LogP contribution in [0.1, 0.15) is 5.69 Å². The third-order valence-corrected chi connectivity index (χ3v) is 2.14. The third-order valence-electron chi connectivity index (χ3n) is 1.80. The van der Waals surface area contributed by atoms with Crippen molar-refractivity contribution in [1.29, 1.82) is 0 Å². The zero-order valence-electron chi connectivity index (χ0n) is 8.10. The average molecular weight is 240 g/mol. The number of aromatic amines is 1. The molecule has 0 bridgehead atoms. The number of ether oxygens (including phenoxy) is 1. The normalized spacial score (nSPS) is 12.0. The second kappa shape index (κ2) is 4.80. The predicted molar refractivity (Wildman–Crippen MR) is 51.2 cm³/mol. The highest BCUT2D eigenvalue weighted by atomic mass is 32.1. The van der Waals surface area contributed by atoms with Gasteiger partial charge in [-0.2, -0.15) is 13.2 Å². The van der Waals surface area contributed by atoms with E-state index >= 15 is 0 Å². The molecule has 0 fully saturated rings. The van der Waals surface area contributed by atoms with Gasteiger partial charge in [0, 0.05) is 18.4 Å². The molecule has 1 N–H and O–H groups in total. The molecule has 0 saturated heterocycles. The molecule has 0 atom stereocenters. The maximum Gasteiger partial charge on any atom is 0.411 e. The Morgan fingerprint density at radius 3 is 2.67 bits per heavy atom. The topological polar surface area (TPSA) is 29.9 Å². The molecule has 7 heteroatoms. The minimum absolute atomic E-state index is 0.00743. The minimum Gasteiger partial charge on any atom is -0.370 e. The first-order valence-corrected chi connectivity index (χ1v) is 4.70. The van der Waals surface area contributed by atoms with Crippen molar-refractivity contribution >= 4 is 12.2 Å². The number of aryl methyl sites for hydroxylation is 1. The van der Waals surface area contributed by atoms with Gasteiger partial charge in [0.1, 0.15) is 6.61 Å². The van der Waals surface area contributed by atoms with Gasteiger partial charge in [0.15, 0.2) is 4.77 Å². The van der Waals surface area contributed by atoms with Gasteiger partial charge in [-0.25, -0.2) is 0 Å². The number of H-pyrrole nitrogens is 1. The zero-order valence-corrected chi connectivity index (χ0v) is 8.91. The molecule has 1 rings (SSSR count). The minimum atomic E-state index is -4.27. The molecular weight excluding hydrogens is 229 g/mol. The highest BCUT2D eigenvalue weighted by Crippen LogP contribution is 2.14. The largest absolute Gasteiger partial charge is 0.411 e. The Morgan fingerprint density at radius 2 is 2.20 bits per heavy atom. The quantitative estimate of drug-likeness (QED) is 0.647. The van der Waals surface area contributed by atoms with Crippen LogP contribution in [0.2, 0.25) is 0 Å². The molecule has 0 saturated carbocycles. The van der Waals surface area contributed by atoms with Crippen molar-refractivity contribution < 1.29 is 17.9 Å². The first-order chi connectivity index (χ1) is 6.90. The second-order valence-electron chi connectivity index (χ2n) is 3.05. The number of rotatable bonds is 4. The number of aromatic nitrogens is 2. The van der Waals surface area contributed by atoms with E-state index in [2.05, 4.69) is 9.72 Å². The molecule has 15 heavy (non-hydrogen) atoms. The van der Waals surface area contributed by atoms with Gasteiger partial charge in [-0.3, -0.25) is 0 Å². The van der Waals surface area contributed by atoms with Crippen LogP contribution in [0.3, 0.4) is 0 Å². The van der Waals surface area contributed by atoms with Gasteiger partial charge >= 0.3 is 6.18 Å². The van der Waals surface area contributed by atoms with Gasteiger partial charge in [-0.05, 0) is 19.1 Å². The van der Waals surface area contributed by atoms with Crippen molar-refractivity contribution in [2.75, 3.05) is 13.2 Å². The third kappa shape index (κ3) is 4.05. The zero-order chi connectivity index (χ0) is 11.5. The van der Waals surface area contributed by atoms with Gasteiger partial charge in [0.2, 0.25) is 0 Å². The molecule has 0 amide bonds. The fourth-order valence-electron chi connectivity index (χ4n) is 1.10. The Bertz CT molecular complexity index is 369. The number of halogens is 3. The standard InChI is InChI=1S/C8H11F3N2OS/c1-6-4-12-7(15)13(6)2-3-14-5-8(9,10)11/h4H,2-3,5H2,1H3,(H,12,15). The van der Waals surface area contributed by atoms with E-state index in [0.29, 0.717) is 11.3 Å². The molecule has 1 heterocycles. The van der Waals surface area contributed by atoms with Crippen molar-refractivity contribution in [3.63, 3.8) is 0 Å². The highest BCUT2D eigenvalue weighted by molar-refractivity contribution is 7.71. The molecule has 1 aromatic rings. The Labute approximate surface area is 89.9 Å². The Balaban J connectivity index is 2.36. The molecule has 0 aromatic carbocycles. The lowest BCUT2D eigenvalue weighted by Gasteiger charge is -2.08. The number of imidazole rings is 1. The van der Waals surface area contributed by atoms with Crippen molar-refractivity contribution in [3.05, 3.63) is 16.7 Å². The van der Waals surface area contributed by atoms with E-state index in [1.165, 1.54) is 0 Å². The van der Waals surface area contributed by atoms with Crippen LogP contribution in [-0.2, 0) is 11.3 Å². The predicted octanol–water partition coefficient (Wildman–Crippen LogP) is 2.43. The van der Waals surface area contributed by atoms with Gasteiger partial charge in [-0.1, -0.05) is 0 Å².